The van der Waals surface area contributed by atoms with E-state index in [2.05, 4.69) is 11.3 Å². The normalized spacial score (nSPS) is 26.8. The first-order chi connectivity index (χ1) is 17.0. The van der Waals surface area contributed by atoms with Crippen LogP contribution in [-0.2, 0) is 24.2 Å². The Balaban J connectivity index is 1.46. The third kappa shape index (κ3) is 3.85. The van der Waals surface area contributed by atoms with Crippen LogP contribution in [0, 0.1) is 23.2 Å². The summed E-state index contributed by atoms with van der Waals surface area (Å²) in [6, 6.07) is 13.9. The van der Waals surface area contributed by atoms with Gasteiger partial charge in [0.05, 0.1) is 11.1 Å². The summed E-state index contributed by atoms with van der Waals surface area (Å²) in [5, 5.41) is 0. The monoisotopic (exact) mass is 470 g/mol. The van der Waals surface area contributed by atoms with Crippen LogP contribution in [0.1, 0.15) is 72.6 Å². The molecule has 35 heavy (non-hydrogen) atoms. The lowest BCUT2D eigenvalue weighted by Crippen LogP contribution is -2.47. The van der Waals surface area contributed by atoms with Crippen LogP contribution in [0.5, 0.6) is 5.75 Å². The molecular weight excluding hydrogens is 436 g/mol. The lowest BCUT2D eigenvalue weighted by molar-refractivity contribution is -0.114. The zero-order valence-electron chi connectivity index (χ0n) is 20.5. The number of aromatic nitrogens is 1. The summed E-state index contributed by atoms with van der Waals surface area (Å²) in [5.74, 6) is 1.66. The summed E-state index contributed by atoms with van der Waals surface area (Å²) in [6.45, 7) is 2.46. The SMILES string of the molecule is CCc1c(C(=O)C(N)=O)c2c(OCc3ccccc3)cccn2c1CC12CC3CC(CC(C3)C1)C2. The van der Waals surface area contributed by atoms with Crippen molar-refractivity contribution >= 4 is 17.2 Å². The number of ether oxygens (including phenoxy) is 1. The van der Waals surface area contributed by atoms with Gasteiger partial charge in [0.2, 0.25) is 0 Å². The van der Waals surface area contributed by atoms with Gasteiger partial charge in [-0.15, -0.1) is 0 Å². The van der Waals surface area contributed by atoms with Gasteiger partial charge in [0.25, 0.3) is 11.7 Å². The number of carbonyl (C=O) groups is 2. The van der Waals surface area contributed by atoms with Crippen molar-refractivity contribution in [3.05, 3.63) is 71.0 Å². The van der Waals surface area contributed by atoms with E-state index in [-0.39, 0.29) is 0 Å². The topological polar surface area (TPSA) is 73.8 Å². The highest BCUT2D eigenvalue weighted by Gasteiger charge is 2.51. The number of nitrogens with zero attached hydrogens (tertiary/aromatic N) is 1. The molecular formula is C30H34N2O3. The van der Waals surface area contributed by atoms with E-state index >= 15 is 0 Å². The molecule has 7 rings (SSSR count). The number of ketones is 1. The molecule has 0 saturated heterocycles. The molecule has 4 saturated carbocycles. The molecule has 3 aromatic rings. The molecule has 0 unspecified atom stereocenters. The Bertz CT molecular complexity index is 1250. The van der Waals surface area contributed by atoms with Gasteiger partial charge in [-0.25, -0.2) is 0 Å². The van der Waals surface area contributed by atoms with E-state index in [9.17, 15) is 9.59 Å². The van der Waals surface area contributed by atoms with Crippen molar-refractivity contribution in [3.63, 3.8) is 0 Å². The van der Waals surface area contributed by atoms with Gasteiger partial charge in [0, 0.05) is 11.9 Å². The van der Waals surface area contributed by atoms with Crippen LogP contribution in [0.3, 0.4) is 0 Å². The van der Waals surface area contributed by atoms with E-state index in [0.29, 0.717) is 35.3 Å². The molecule has 5 heteroatoms. The van der Waals surface area contributed by atoms with Crippen molar-refractivity contribution < 1.29 is 14.3 Å². The third-order valence-corrected chi connectivity index (χ3v) is 8.88. The second-order valence-corrected chi connectivity index (χ2v) is 11.3. The van der Waals surface area contributed by atoms with Gasteiger partial charge in [-0.2, -0.15) is 0 Å². The second-order valence-electron chi connectivity index (χ2n) is 11.3. The fourth-order valence-electron chi connectivity index (χ4n) is 8.04. The van der Waals surface area contributed by atoms with Crippen molar-refractivity contribution in [3.8, 4) is 5.75 Å². The number of amides is 1. The first-order valence-electron chi connectivity index (χ1n) is 13.1. The van der Waals surface area contributed by atoms with Crippen LogP contribution >= 0.6 is 0 Å². The van der Waals surface area contributed by atoms with E-state index in [0.717, 1.165) is 35.3 Å². The Morgan fingerprint density at radius 2 is 1.66 bits per heavy atom. The maximum Gasteiger partial charge on any atom is 0.289 e. The zero-order valence-corrected chi connectivity index (χ0v) is 20.5. The van der Waals surface area contributed by atoms with Gasteiger partial charge in [-0.3, -0.25) is 9.59 Å². The molecule has 4 aliphatic carbocycles. The fourth-order valence-corrected chi connectivity index (χ4v) is 8.04. The molecule has 0 atom stereocenters. The average Bonchev–Trinajstić information content (AvgIpc) is 3.15. The van der Waals surface area contributed by atoms with E-state index in [1.807, 2.05) is 48.7 Å². The number of fused-ring (bicyclic) bond motifs is 1. The molecule has 1 aromatic carbocycles. The van der Waals surface area contributed by atoms with Crippen LogP contribution in [0.2, 0.25) is 0 Å². The summed E-state index contributed by atoms with van der Waals surface area (Å²) in [4.78, 5) is 25.3. The number of pyridine rings is 1. The Kier molecular flexibility index (Phi) is 5.46. The standard InChI is InChI=1S/C30H34N2O3/c1-2-23-24(17-30-14-20-11-21(15-30)13-22(12-20)16-30)32-10-6-9-25(27(32)26(23)28(33)29(31)34)35-18-19-7-4-3-5-8-19/h3-10,20-22H,2,11-18H2,1H3,(H2,31,34). The van der Waals surface area contributed by atoms with Gasteiger partial charge in [0.1, 0.15) is 12.4 Å². The summed E-state index contributed by atoms with van der Waals surface area (Å²) in [7, 11) is 0. The van der Waals surface area contributed by atoms with Crippen molar-refractivity contribution in [2.24, 2.45) is 28.9 Å². The van der Waals surface area contributed by atoms with Gasteiger partial charge >= 0.3 is 0 Å². The smallest absolute Gasteiger partial charge is 0.289 e. The lowest BCUT2D eigenvalue weighted by Gasteiger charge is -2.57. The van der Waals surface area contributed by atoms with Crippen LogP contribution in [0.15, 0.2) is 48.7 Å². The lowest BCUT2D eigenvalue weighted by atomic mass is 9.48. The zero-order chi connectivity index (χ0) is 24.2. The van der Waals surface area contributed by atoms with Crippen LogP contribution in [0.25, 0.3) is 5.52 Å². The molecule has 2 heterocycles. The first kappa shape index (κ1) is 22.4. The average molecular weight is 471 g/mol. The predicted octanol–water partition coefficient (Wildman–Crippen LogP) is 5.51. The number of carbonyl (C=O) groups excluding carboxylic acids is 2. The van der Waals surface area contributed by atoms with Crippen molar-refractivity contribution in [1.82, 2.24) is 4.40 Å². The summed E-state index contributed by atoms with van der Waals surface area (Å²) in [6.07, 6.45) is 11.7. The van der Waals surface area contributed by atoms with Gasteiger partial charge in [0.15, 0.2) is 0 Å². The van der Waals surface area contributed by atoms with Crippen LogP contribution in [-0.4, -0.2) is 16.1 Å². The number of Topliss-reactive ketones (excluding diaryl/α,β-unsaturated/α-hetero) is 1. The fraction of sp³-hybridized carbons (Fsp3) is 0.467. The number of hydrogen-bond acceptors (Lipinski definition) is 3. The molecule has 2 N–H and O–H groups in total. The number of nitrogens with two attached hydrogens (primary N) is 1. The second kappa shape index (κ2) is 8.54. The van der Waals surface area contributed by atoms with E-state index in [4.69, 9.17) is 10.5 Å². The number of primary amides is 1. The minimum absolute atomic E-state index is 0.306. The molecule has 182 valence electrons. The number of benzene rings is 1. The molecule has 4 bridgehead atoms. The number of hydrogen-bond donors (Lipinski definition) is 1. The minimum Gasteiger partial charge on any atom is -0.487 e. The van der Waals surface area contributed by atoms with Gasteiger partial charge in [-0.1, -0.05) is 37.3 Å². The molecule has 0 spiro atoms. The summed E-state index contributed by atoms with van der Waals surface area (Å²) < 4.78 is 8.39. The highest BCUT2D eigenvalue weighted by atomic mass is 16.5. The molecule has 1 amide bonds. The predicted molar refractivity (Wildman–Crippen MR) is 135 cm³/mol. The maximum atomic E-state index is 13.2. The van der Waals surface area contributed by atoms with E-state index in [1.165, 1.54) is 44.2 Å². The highest BCUT2D eigenvalue weighted by Crippen LogP contribution is 2.61. The quantitative estimate of drug-likeness (QED) is 0.349. The molecule has 5 nitrogen and oxygen atoms in total. The van der Waals surface area contributed by atoms with Crippen LogP contribution < -0.4 is 10.5 Å². The minimum atomic E-state index is -0.911. The molecule has 4 fully saturated rings. The third-order valence-electron chi connectivity index (χ3n) is 8.88. The van der Waals surface area contributed by atoms with Gasteiger partial charge < -0.3 is 14.9 Å². The Morgan fingerprint density at radius 1 is 1.00 bits per heavy atom. The van der Waals surface area contributed by atoms with E-state index < -0.39 is 11.7 Å². The van der Waals surface area contributed by atoms with E-state index in [1.54, 1.807) is 0 Å². The molecule has 2 aromatic heterocycles. The largest absolute Gasteiger partial charge is 0.487 e. The van der Waals surface area contributed by atoms with Crippen molar-refractivity contribution in [2.75, 3.05) is 0 Å². The Labute approximate surface area is 206 Å². The highest BCUT2D eigenvalue weighted by molar-refractivity contribution is 6.44. The molecule has 4 aliphatic rings. The maximum absolute atomic E-state index is 13.2. The Hall–Kier alpha value is -3.08. The Morgan fingerprint density at radius 3 is 2.26 bits per heavy atom. The van der Waals surface area contributed by atoms with Crippen LogP contribution in [0.4, 0.5) is 0 Å². The van der Waals surface area contributed by atoms with Crippen molar-refractivity contribution in [2.45, 2.75) is 64.9 Å². The summed E-state index contributed by atoms with van der Waals surface area (Å²) >= 11 is 0. The van der Waals surface area contributed by atoms with Crippen molar-refractivity contribution in [1.29, 1.82) is 0 Å². The number of rotatable bonds is 8. The molecule has 0 radical (unpaired) electrons. The first-order valence-corrected chi connectivity index (χ1v) is 13.1. The van der Waals surface area contributed by atoms with Gasteiger partial charge in [-0.05, 0) is 97.8 Å². The molecule has 0 aliphatic heterocycles. The summed E-state index contributed by atoms with van der Waals surface area (Å²) in [5.41, 5.74) is 10.2.